The van der Waals surface area contributed by atoms with Gasteiger partial charge in [-0.05, 0) is 12.1 Å². The van der Waals surface area contributed by atoms with Crippen molar-refractivity contribution in [2.75, 3.05) is 0 Å². The molecule has 1 aliphatic rings. The maximum Gasteiger partial charge on any atom is 0.523 e. The van der Waals surface area contributed by atoms with E-state index in [0.717, 1.165) is 6.08 Å². The van der Waals surface area contributed by atoms with Crippen molar-refractivity contribution in [3.63, 3.8) is 0 Å². The number of hydrogen-bond donors (Lipinski definition) is 1. The van der Waals surface area contributed by atoms with Crippen LogP contribution in [-0.4, -0.2) is 31.3 Å². The molecule has 21 heavy (non-hydrogen) atoms. The van der Waals surface area contributed by atoms with Crippen LogP contribution in [0, 0.1) is 0 Å². The third-order valence-corrected chi connectivity index (χ3v) is 3.46. The summed E-state index contributed by atoms with van der Waals surface area (Å²) in [7, 11) is -6.00. The largest absolute Gasteiger partial charge is 0.523 e. The molecule has 1 unspecified atom stereocenters. The second-order valence-electron chi connectivity index (χ2n) is 3.89. The van der Waals surface area contributed by atoms with E-state index in [0.29, 0.717) is 0 Å². The molecule has 0 spiro atoms. The molecule has 0 amide bonds. The van der Waals surface area contributed by atoms with Crippen LogP contribution in [0.3, 0.4) is 0 Å². The number of fused-ring (bicyclic) bond motifs is 1. The summed E-state index contributed by atoms with van der Waals surface area (Å²) in [6, 6.07) is 5.81. The van der Waals surface area contributed by atoms with Gasteiger partial charge in [-0.15, -0.1) is 0 Å². The van der Waals surface area contributed by atoms with Crippen molar-refractivity contribution in [2.45, 2.75) is 11.8 Å². The van der Waals surface area contributed by atoms with Gasteiger partial charge in [0.2, 0.25) is 0 Å². The first-order valence-corrected chi connectivity index (χ1v) is 6.73. The van der Waals surface area contributed by atoms with Crippen molar-refractivity contribution in [1.29, 1.82) is 0 Å². The standard InChI is InChI=1S/C11H7F3O6S/c12-11(13,14)21(17,18)20-10-7(9(15)16)5-6-3-1-2-4-8(6)19-10/h1-5,10H,(H,15,16). The molecule has 0 aliphatic carbocycles. The highest BCUT2D eigenvalue weighted by Crippen LogP contribution is 2.33. The van der Waals surface area contributed by atoms with Crippen LogP contribution in [0.4, 0.5) is 13.2 Å². The Bertz CT molecular complexity index is 707. The molecule has 1 atom stereocenters. The Morgan fingerprint density at radius 3 is 2.48 bits per heavy atom. The summed E-state index contributed by atoms with van der Waals surface area (Å²) in [4.78, 5) is 11.0. The van der Waals surface area contributed by atoms with Gasteiger partial charge in [-0.3, -0.25) is 0 Å². The molecule has 2 rings (SSSR count). The molecular weight excluding hydrogens is 317 g/mol. The van der Waals surface area contributed by atoms with E-state index in [1.165, 1.54) is 18.2 Å². The molecule has 10 heteroatoms. The van der Waals surface area contributed by atoms with Crippen molar-refractivity contribution in [3.05, 3.63) is 35.4 Å². The SMILES string of the molecule is O=C(O)C1=Cc2ccccc2OC1OS(=O)(=O)C(F)(F)F. The third-order valence-electron chi connectivity index (χ3n) is 2.46. The number of ether oxygens (including phenoxy) is 1. The van der Waals surface area contributed by atoms with E-state index in [2.05, 4.69) is 4.18 Å². The highest BCUT2D eigenvalue weighted by atomic mass is 32.2. The van der Waals surface area contributed by atoms with Gasteiger partial charge in [0.1, 0.15) is 11.3 Å². The topological polar surface area (TPSA) is 89.9 Å². The quantitative estimate of drug-likeness (QED) is 0.673. The number of carboxylic acid groups (broad SMARTS) is 1. The van der Waals surface area contributed by atoms with E-state index in [9.17, 15) is 26.4 Å². The van der Waals surface area contributed by atoms with Crippen molar-refractivity contribution in [2.24, 2.45) is 0 Å². The van der Waals surface area contributed by atoms with Gasteiger partial charge in [0.15, 0.2) is 0 Å². The van der Waals surface area contributed by atoms with E-state index in [-0.39, 0.29) is 11.3 Å². The third kappa shape index (κ3) is 3.00. The predicted octanol–water partition coefficient (Wildman–Crippen LogP) is 1.74. The van der Waals surface area contributed by atoms with Crippen LogP contribution in [0.25, 0.3) is 6.08 Å². The number of carbonyl (C=O) groups is 1. The second kappa shape index (κ2) is 5.04. The molecule has 0 saturated heterocycles. The molecule has 1 aromatic rings. The Kier molecular flexibility index (Phi) is 3.68. The Labute approximate surface area is 116 Å². The minimum absolute atomic E-state index is 0.00451. The number of para-hydroxylation sites is 1. The molecule has 1 aromatic carbocycles. The van der Waals surface area contributed by atoms with Crippen LogP contribution >= 0.6 is 0 Å². The molecule has 0 aromatic heterocycles. The van der Waals surface area contributed by atoms with Crippen LogP contribution in [0.5, 0.6) is 5.75 Å². The average molecular weight is 324 g/mol. The van der Waals surface area contributed by atoms with Gasteiger partial charge in [0, 0.05) is 5.56 Å². The van der Waals surface area contributed by atoms with Crippen LogP contribution in [0.1, 0.15) is 5.56 Å². The lowest BCUT2D eigenvalue weighted by molar-refractivity contribution is -0.135. The summed E-state index contributed by atoms with van der Waals surface area (Å²) in [5.41, 5.74) is -6.17. The zero-order chi connectivity index (χ0) is 15.8. The maximum atomic E-state index is 12.3. The minimum Gasteiger partial charge on any atom is -0.478 e. The monoisotopic (exact) mass is 324 g/mol. The van der Waals surface area contributed by atoms with Gasteiger partial charge in [0.05, 0.1) is 0 Å². The number of benzene rings is 1. The summed E-state index contributed by atoms with van der Waals surface area (Å²) in [5.74, 6) is -1.66. The van der Waals surface area contributed by atoms with E-state index in [4.69, 9.17) is 9.84 Å². The predicted molar refractivity (Wildman–Crippen MR) is 62.5 cm³/mol. The lowest BCUT2D eigenvalue weighted by Gasteiger charge is -2.24. The summed E-state index contributed by atoms with van der Waals surface area (Å²) < 4.78 is 67.5. The summed E-state index contributed by atoms with van der Waals surface area (Å²) in [5, 5.41) is 8.93. The normalized spacial score (nSPS) is 18.4. The summed E-state index contributed by atoms with van der Waals surface area (Å²) >= 11 is 0. The second-order valence-corrected chi connectivity index (χ2v) is 5.45. The number of aliphatic carboxylic acids is 1. The smallest absolute Gasteiger partial charge is 0.478 e. The lowest BCUT2D eigenvalue weighted by Crippen LogP contribution is -2.36. The number of hydrogen-bond acceptors (Lipinski definition) is 5. The number of alkyl halides is 3. The molecule has 114 valence electrons. The van der Waals surface area contributed by atoms with Crippen LogP contribution in [-0.2, 0) is 19.1 Å². The fourth-order valence-electron chi connectivity index (χ4n) is 1.53. The molecule has 1 N–H and O–H groups in total. The fourth-order valence-corrected chi connectivity index (χ4v) is 2.01. The van der Waals surface area contributed by atoms with Crippen molar-refractivity contribution >= 4 is 22.2 Å². The fraction of sp³-hybridized carbons (Fsp3) is 0.182. The van der Waals surface area contributed by atoms with E-state index in [1.54, 1.807) is 6.07 Å². The molecule has 1 heterocycles. The van der Waals surface area contributed by atoms with E-state index >= 15 is 0 Å². The number of carboxylic acids is 1. The number of rotatable bonds is 3. The Morgan fingerprint density at radius 1 is 1.29 bits per heavy atom. The first kappa shape index (κ1) is 15.3. The zero-order valence-corrected chi connectivity index (χ0v) is 10.8. The van der Waals surface area contributed by atoms with Gasteiger partial charge < -0.3 is 9.84 Å². The first-order valence-electron chi connectivity index (χ1n) is 5.32. The molecule has 0 fully saturated rings. The van der Waals surface area contributed by atoms with Crippen molar-refractivity contribution in [1.82, 2.24) is 0 Å². The highest BCUT2D eigenvalue weighted by molar-refractivity contribution is 7.87. The average Bonchev–Trinajstić information content (AvgIpc) is 2.35. The summed E-state index contributed by atoms with van der Waals surface area (Å²) in [6.45, 7) is 0. The summed E-state index contributed by atoms with van der Waals surface area (Å²) in [6.07, 6.45) is -1.23. The Balaban J connectivity index is 2.40. The van der Waals surface area contributed by atoms with Gasteiger partial charge in [-0.2, -0.15) is 21.6 Å². The van der Waals surface area contributed by atoms with Crippen molar-refractivity contribution < 1.29 is 40.4 Å². The van der Waals surface area contributed by atoms with Crippen molar-refractivity contribution in [3.8, 4) is 5.75 Å². The van der Waals surface area contributed by atoms with E-state index in [1.807, 2.05) is 0 Å². The lowest BCUT2D eigenvalue weighted by atomic mass is 10.1. The van der Waals surface area contributed by atoms with Crippen LogP contribution < -0.4 is 4.74 Å². The molecule has 0 radical (unpaired) electrons. The van der Waals surface area contributed by atoms with E-state index < -0.39 is 33.5 Å². The van der Waals surface area contributed by atoms with Crippen LogP contribution in [0.2, 0.25) is 0 Å². The van der Waals surface area contributed by atoms with Gasteiger partial charge in [0.25, 0.3) is 6.29 Å². The Morgan fingerprint density at radius 2 is 1.90 bits per heavy atom. The highest BCUT2D eigenvalue weighted by Gasteiger charge is 2.50. The molecule has 0 bridgehead atoms. The zero-order valence-electron chi connectivity index (χ0n) is 9.99. The van der Waals surface area contributed by atoms with Gasteiger partial charge in [-0.1, -0.05) is 18.2 Å². The van der Waals surface area contributed by atoms with Crippen LogP contribution in [0.15, 0.2) is 29.8 Å². The maximum absolute atomic E-state index is 12.3. The first-order chi connectivity index (χ1) is 9.62. The van der Waals surface area contributed by atoms with Gasteiger partial charge >= 0.3 is 21.6 Å². The molecule has 1 aliphatic heterocycles. The minimum atomic E-state index is -6.00. The Hall–Kier alpha value is -2.07. The van der Waals surface area contributed by atoms with Gasteiger partial charge in [-0.25, -0.2) is 8.98 Å². The number of halogens is 3. The molecule has 6 nitrogen and oxygen atoms in total. The molecular formula is C11H7F3O6S. The molecule has 0 saturated carbocycles.